The van der Waals surface area contributed by atoms with Crippen molar-refractivity contribution >= 4 is 0 Å². The normalized spacial score (nSPS) is 12.2. The molecule has 1 atom stereocenters. The molecule has 0 saturated heterocycles. The molecule has 0 aromatic heterocycles. The Labute approximate surface area is 93.2 Å². The maximum atomic E-state index is 4.05. The van der Waals surface area contributed by atoms with E-state index in [0.717, 1.165) is 18.7 Å². The molecular weight excluding hydrogens is 182 g/mol. The maximum absolute atomic E-state index is 4.05. The molecule has 0 radical (unpaired) electrons. The highest BCUT2D eigenvalue weighted by molar-refractivity contribution is 5.22. The van der Waals surface area contributed by atoms with Gasteiger partial charge in [-0.15, -0.1) is 0 Å². The van der Waals surface area contributed by atoms with Crippen LogP contribution >= 0.6 is 0 Å². The van der Waals surface area contributed by atoms with Crippen LogP contribution in [0.25, 0.3) is 0 Å². The molecule has 0 aliphatic rings. The van der Waals surface area contributed by atoms with Crippen LogP contribution in [0.4, 0.5) is 0 Å². The second-order valence-electron chi connectivity index (χ2n) is 4.15. The van der Waals surface area contributed by atoms with Gasteiger partial charge < -0.3 is 5.32 Å². The summed E-state index contributed by atoms with van der Waals surface area (Å²) in [6.45, 7) is 11.4. The first-order valence-corrected chi connectivity index (χ1v) is 5.61. The summed E-state index contributed by atoms with van der Waals surface area (Å²) in [5.41, 5.74) is 3.84. The predicted molar refractivity (Wildman–Crippen MR) is 66.9 cm³/mol. The summed E-state index contributed by atoms with van der Waals surface area (Å²) in [6.07, 6.45) is 1.06. The first-order chi connectivity index (χ1) is 7.13. The van der Waals surface area contributed by atoms with Gasteiger partial charge >= 0.3 is 0 Å². The van der Waals surface area contributed by atoms with Crippen LogP contribution in [0, 0.1) is 12.8 Å². The van der Waals surface area contributed by atoms with E-state index >= 15 is 0 Å². The summed E-state index contributed by atoms with van der Waals surface area (Å²) >= 11 is 0. The fourth-order valence-corrected chi connectivity index (χ4v) is 1.60. The molecule has 1 aromatic carbocycles. The summed E-state index contributed by atoms with van der Waals surface area (Å²) in [6, 6.07) is 8.73. The Kier molecular flexibility index (Phi) is 4.41. The molecule has 0 fully saturated rings. The lowest BCUT2D eigenvalue weighted by Crippen LogP contribution is -2.18. The van der Waals surface area contributed by atoms with Crippen molar-refractivity contribution in [1.29, 1.82) is 0 Å². The number of benzene rings is 1. The van der Waals surface area contributed by atoms with Gasteiger partial charge in [0.05, 0.1) is 0 Å². The second kappa shape index (κ2) is 5.59. The fourth-order valence-electron chi connectivity index (χ4n) is 1.60. The Morgan fingerprint density at radius 2 is 1.93 bits per heavy atom. The summed E-state index contributed by atoms with van der Waals surface area (Å²) in [5.74, 6) is 0.493. The molecule has 82 valence electrons. The molecule has 1 rings (SSSR count). The predicted octanol–water partition coefficient (Wildman–Crippen LogP) is 3.30. The molecule has 0 spiro atoms. The average molecular weight is 203 g/mol. The number of hydrogen-bond acceptors (Lipinski definition) is 1. The van der Waals surface area contributed by atoms with Crippen LogP contribution in [0.1, 0.15) is 25.0 Å². The van der Waals surface area contributed by atoms with Crippen molar-refractivity contribution in [3.63, 3.8) is 0 Å². The Bertz CT molecular complexity index is 311. The van der Waals surface area contributed by atoms with Crippen LogP contribution < -0.4 is 5.32 Å². The lowest BCUT2D eigenvalue weighted by atomic mass is 9.98. The van der Waals surface area contributed by atoms with Gasteiger partial charge in [-0.25, -0.2) is 0 Å². The summed E-state index contributed by atoms with van der Waals surface area (Å²) in [4.78, 5) is 0. The van der Waals surface area contributed by atoms with E-state index in [0.29, 0.717) is 5.92 Å². The molecule has 0 aliphatic carbocycles. The molecule has 1 nitrogen and oxygen atoms in total. The van der Waals surface area contributed by atoms with Crippen molar-refractivity contribution in [2.75, 3.05) is 6.54 Å². The van der Waals surface area contributed by atoms with E-state index < -0.39 is 0 Å². The third-order valence-corrected chi connectivity index (χ3v) is 2.66. The number of nitrogens with one attached hydrogen (secondary N) is 1. The highest BCUT2D eigenvalue weighted by Crippen LogP contribution is 2.14. The molecule has 0 bridgehead atoms. The van der Waals surface area contributed by atoms with Crippen LogP contribution in [0.5, 0.6) is 0 Å². The topological polar surface area (TPSA) is 12.0 Å². The minimum atomic E-state index is 0.493. The lowest BCUT2D eigenvalue weighted by molar-refractivity contribution is 0.614. The highest BCUT2D eigenvalue weighted by Gasteiger charge is 2.06. The number of rotatable bonds is 5. The van der Waals surface area contributed by atoms with Gasteiger partial charge in [0, 0.05) is 12.2 Å². The van der Waals surface area contributed by atoms with Gasteiger partial charge in [0.2, 0.25) is 0 Å². The van der Waals surface area contributed by atoms with Crippen molar-refractivity contribution in [1.82, 2.24) is 5.32 Å². The van der Waals surface area contributed by atoms with Crippen molar-refractivity contribution < 1.29 is 0 Å². The molecule has 0 amide bonds. The van der Waals surface area contributed by atoms with E-state index in [-0.39, 0.29) is 0 Å². The highest BCUT2D eigenvalue weighted by atomic mass is 14.9. The monoisotopic (exact) mass is 203 g/mol. The Morgan fingerprint density at radius 3 is 2.47 bits per heavy atom. The van der Waals surface area contributed by atoms with Gasteiger partial charge in [-0.2, -0.15) is 0 Å². The number of hydrogen-bond donors (Lipinski definition) is 1. The molecule has 0 heterocycles. The standard InChI is InChI=1S/C14H21N/c1-5-15-13(4)12(3)10-14-8-6-11(2)7-9-14/h6-9,12,15H,4-5,10H2,1-3H3/t12-/m0/s1. The van der Waals surface area contributed by atoms with Gasteiger partial charge in [0.25, 0.3) is 0 Å². The van der Waals surface area contributed by atoms with E-state index in [1.54, 1.807) is 0 Å². The molecule has 15 heavy (non-hydrogen) atoms. The van der Waals surface area contributed by atoms with Gasteiger partial charge in [0.15, 0.2) is 0 Å². The minimum absolute atomic E-state index is 0.493. The molecule has 1 heteroatoms. The van der Waals surface area contributed by atoms with Gasteiger partial charge in [-0.1, -0.05) is 43.3 Å². The molecular formula is C14H21N. The van der Waals surface area contributed by atoms with E-state index in [4.69, 9.17) is 0 Å². The lowest BCUT2D eigenvalue weighted by Gasteiger charge is -2.15. The van der Waals surface area contributed by atoms with E-state index in [9.17, 15) is 0 Å². The Balaban J connectivity index is 2.54. The van der Waals surface area contributed by atoms with Crippen molar-refractivity contribution in [2.24, 2.45) is 5.92 Å². The minimum Gasteiger partial charge on any atom is -0.389 e. The van der Waals surface area contributed by atoms with Gasteiger partial charge in [0.1, 0.15) is 0 Å². The maximum Gasteiger partial charge on any atom is 0.0115 e. The third kappa shape index (κ3) is 3.78. The van der Waals surface area contributed by atoms with Gasteiger partial charge in [-0.05, 0) is 31.7 Å². The van der Waals surface area contributed by atoms with Gasteiger partial charge in [-0.3, -0.25) is 0 Å². The van der Waals surface area contributed by atoms with Crippen LogP contribution in [-0.2, 0) is 6.42 Å². The van der Waals surface area contributed by atoms with Crippen molar-refractivity contribution in [2.45, 2.75) is 27.2 Å². The van der Waals surface area contributed by atoms with Crippen molar-refractivity contribution in [3.8, 4) is 0 Å². The second-order valence-corrected chi connectivity index (χ2v) is 4.15. The molecule has 1 aromatic rings. The largest absolute Gasteiger partial charge is 0.389 e. The van der Waals surface area contributed by atoms with Crippen LogP contribution in [-0.4, -0.2) is 6.54 Å². The zero-order valence-corrected chi connectivity index (χ0v) is 10.0. The quantitative estimate of drug-likeness (QED) is 0.774. The first-order valence-electron chi connectivity index (χ1n) is 5.61. The number of aryl methyl sites for hydroxylation is 1. The van der Waals surface area contributed by atoms with E-state index in [2.05, 4.69) is 56.9 Å². The first kappa shape index (κ1) is 11.8. The smallest absolute Gasteiger partial charge is 0.0115 e. The SMILES string of the molecule is C=C(NCC)[C@@H](C)Cc1ccc(C)cc1. The average Bonchev–Trinajstić information content (AvgIpc) is 2.22. The zero-order chi connectivity index (χ0) is 11.3. The van der Waals surface area contributed by atoms with E-state index in [1.807, 2.05) is 0 Å². The van der Waals surface area contributed by atoms with Crippen LogP contribution in [0.2, 0.25) is 0 Å². The molecule has 0 unspecified atom stereocenters. The van der Waals surface area contributed by atoms with Crippen molar-refractivity contribution in [3.05, 3.63) is 47.7 Å². The van der Waals surface area contributed by atoms with Crippen LogP contribution in [0.15, 0.2) is 36.5 Å². The molecule has 1 N–H and O–H groups in total. The molecule has 0 saturated carbocycles. The van der Waals surface area contributed by atoms with Crippen LogP contribution in [0.3, 0.4) is 0 Å². The Morgan fingerprint density at radius 1 is 1.33 bits per heavy atom. The Hall–Kier alpha value is -1.24. The summed E-state index contributed by atoms with van der Waals surface area (Å²) < 4.78 is 0. The molecule has 0 aliphatic heterocycles. The summed E-state index contributed by atoms with van der Waals surface area (Å²) in [7, 11) is 0. The fraction of sp³-hybridized carbons (Fsp3) is 0.429. The zero-order valence-electron chi connectivity index (χ0n) is 10.0. The summed E-state index contributed by atoms with van der Waals surface area (Å²) in [5, 5.41) is 3.28. The number of allylic oxidation sites excluding steroid dienone is 1. The van der Waals surface area contributed by atoms with E-state index in [1.165, 1.54) is 11.1 Å². The third-order valence-electron chi connectivity index (χ3n) is 2.66.